The molecule has 8 fully saturated rings. The first kappa shape index (κ1) is 60.2. The quantitative estimate of drug-likeness (QED) is 0.0754. The molecule has 8 aliphatic carbocycles. The van der Waals surface area contributed by atoms with Crippen LogP contribution in [-0.4, -0.2) is 81.6 Å². The number of hydrogen-bond donors (Lipinski definition) is 7. The van der Waals surface area contributed by atoms with Gasteiger partial charge in [-0.05, 0) is 244 Å². The number of Topliss-reactive ketones (excluding diaryl/α,β-unsaturated/α-hetero) is 2. The Morgan fingerprint density at radius 1 is 0.831 bits per heavy atom. The molecule has 21 unspecified atom stereocenters. The number of carbonyl (C=O) groups excluding carboxylic acids is 2. The van der Waals surface area contributed by atoms with Gasteiger partial charge in [0.25, 0.3) is 0 Å². The third-order valence-corrected chi connectivity index (χ3v) is 26.5. The number of anilines is 1. The van der Waals surface area contributed by atoms with Gasteiger partial charge >= 0.3 is 0 Å². The highest BCUT2D eigenvalue weighted by Crippen LogP contribution is 2.79. The van der Waals surface area contributed by atoms with Crippen LogP contribution < -0.4 is 16.4 Å². The average Bonchev–Trinajstić information content (AvgIpc) is 1.64. The molecule has 10 heteroatoms. The van der Waals surface area contributed by atoms with Gasteiger partial charge in [0.1, 0.15) is 17.6 Å². The summed E-state index contributed by atoms with van der Waals surface area (Å²) >= 11 is 0. The second kappa shape index (κ2) is 22.2. The molecular weight excluding hydrogens is 1030 g/mol. The number of nitrogens with one attached hydrogen (secondary N) is 2. The number of fused-ring (bicyclic) bond motifs is 2. The summed E-state index contributed by atoms with van der Waals surface area (Å²) in [5.74, 6) is 3.01. The van der Waals surface area contributed by atoms with E-state index in [2.05, 4.69) is 90.3 Å². The second-order valence-corrected chi connectivity index (χ2v) is 32.4. The number of nitrogens with two attached hydrogens (primary N) is 1. The van der Waals surface area contributed by atoms with Gasteiger partial charge in [0.05, 0.1) is 17.3 Å². The minimum Gasteiger partial charge on any atom is -0.508 e. The van der Waals surface area contributed by atoms with Crippen LogP contribution in [0.2, 0.25) is 0 Å². The number of phenolic OH excluding ortho intramolecular Hbond substituents is 1. The molecule has 10 nitrogen and oxygen atoms in total. The molecule has 0 amide bonds. The van der Waals surface area contributed by atoms with Crippen LogP contribution in [-0.2, 0) is 27.3 Å². The third-order valence-electron chi connectivity index (χ3n) is 26.5. The zero-order valence-corrected chi connectivity index (χ0v) is 52.8. The normalized spacial score (nSPS) is 44.5. The summed E-state index contributed by atoms with van der Waals surface area (Å²) in [7, 11) is 1.92. The summed E-state index contributed by atoms with van der Waals surface area (Å²) in [5, 5.41) is 57.5. The van der Waals surface area contributed by atoms with Gasteiger partial charge in [0.2, 0.25) is 0 Å². The molecule has 458 valence electrons. The molecule has 10 aliphatic rings. The van der Waals surface area contributed by atoms with E-state index >= 15 is 9.59 Å². The Bertz CT molecular complexity index is 2810. The van der Waals surface area contributed by atoms with Gasteiger partial charge < -0.3 is 41.5 Å². The highest BCUT2D eigenvalue weighted by atomic mass is 16.6. The van der Waals surface area contributed by atoms with Gasteiger partial charge in [0, 0.05) is 54.6 Å². The zero-order valence-electron chi connectivity index (χ0n) is 52.8. The summed E-state index contributed by atoms with van der Waals surface area (Å²) in [5.41, 5.74) is 10.7. The lowest BCUT2D eigenvalue weighted by atomic mass is 9.30. The summed E-state index contributed by atoms with van der Waals surface area (Å²) < 4.78 is 7.09. The molecule has 83 heavy (non-hydrogen) atoms. The van der Waals surface area contributed by atoms with Gasteiger partial charge in [0.15, 0.2) is 5.78 Å². The van der Waals surface area contributed by atoms with E-state index in [4.69, 9.17) is 10.5 Å². The maximum Gasteiger partial charge on any atom is 0.160 e. The van der Waals surface area contributed by atoms with Gasteiger partial charge in [-0.1, -0.05) is 111 Å². The highest BCUT2D eigenvalue weighted by molar-refractivity contribution is 6.01. The number of phenols is 1. The zero-order chi connectivity index (χ0) is 58.9. The van der Waals surface area contributed by atoms with Crippen molar-refractivity contribution < 1.29 is 34.8 Å². The predicted molar refractivity (Wildman–Crippen MR) is 330 cm³/mol. The van der Waals surface area contributed by atoms with Crippen LogP contribution in [0.4, 0.5) is 5.69 Å². The fourth-order valence-corrected chi connectivity index (χ4v) is 23.5. The van der Waals surface area contributed by atoms with E-state index in [1.807, 2.05) is 26.1 Å². The Hall–Kier alpha value is -3.12. The lowest BCUT2D eigenvalue weighted by molar-refractivity contribution is -0.233. The standard InChI is InChI=1S/C73H109N3O7/c1-41(2)19-20-46-32-47-16-13-15-45-21-22-53(64(80)67-72(9,83-67)55-18-14-17-52(55)48-28-43(27-42(3)4)30-50(74)33-48)62(61(45)47)63-56-23-24-60-70(7)35-54(49-29-44(38-75-10)31-51(78)34-49)66(81)69(6)26-12-11-25-68(5,82)40-76-58(65(69)70)36-73(60,57(46)39-77)71(56,8)37-59(63)79/h28-31,33-34,41-42,45-47,52-55,57-58,60-62,64-65,67,75-78,80,82H,11-27,32,35-40,74H2,1-10H3. The molecule has 6 saturated carbocycles. The number of epoxide rings is 1. The summed E-state index contributed by atoms with van der Waals surface area (Å²) in [4.78, 5) is 32.5. The SMILES string of the molecule is CNCc1cc(O)cc(C2CC3(C)C4C(CC56C(CO)C(CCC(C)C)CC7CCCC8CCC(C(O)C9OC9(C)C9CCCC9c9cc(N)cc(CC(C)C)c9)C(C9=C(CCC35)C6(C)CC9=O)C87)NCC(C)(O)CCCCC4(C)C2=O)c1. The number of aliphatic hydroxyl groups is 3. The van der Waals surface area contributed by atoms with E-state index < -0.39 is 44.9 Å². The van der Waals surface area contributed by atoms with Crippen molar-refractivity contribution in [1.29, 1.82) is 0 Å². The molecule has 2 aromatic carbocycles. The molecule has 2 saturated heterocycles. The van der Waals surface area contributed by atoms with Gasteiger partial charge in [-0.25, -0.2) is 0 Å². The van der Waals surface area contributed by atoms with E-state index in [0.717, 1.165) is 125 Å². The molecule has 0 radical (unpaired) electrons. The third kappa shape index (κ3) is 9.91. The predicted octanol–water partition coefficient (Wildman–Crippen LogP) is 13.2. The van der Waals surface area contributed by atoms with E-state index in [0.29, 0.717) is 61.9 Å². The first-order valence-corrected chi connectivity index (χ1v) is 34.0. The number of aliphatic hydroxyl groups excluding tert-OH is 2. The van der Waals surface area contributed by atoms with Crippen LogP contribution in [0.1, 0.15) is 225 Å². The monoisotopic (exact) mass is 1140 g/mol. The Morgan fingerprint density at radius 2 is 1.58 bits per heavy atom. The van der Waals surface area contributed by atoms with Crippen LogP contribution in [0, 0.1) is 92.7 Å². The van der Waals surface area contributed by atoms with Crippen LogP contribution in [0.3, 0.4) is 0 Å². The largest absolute Gasteiger partial charge is 0.508 e. The number of hydrogen-bond acceptors (Lipinski definition) is 10. The molecule has 2 aliphatic heterocycles. The van der Waals surface area contributed by atoms with Gasteiger partial charge in [-0.15, -0.1) is 0 Å². The van der Waals surface area contributed by atoms with Gasteiger partial charge in [-0.2, -0.15) is 0 Å². The smallest absolute Gasteiger partial charge is 0.160 e. The fraction of sp³-hybridized carbons (Fsp3) is 0.781. The second-order valence-electron chi connectivity index (χ2n) is 32.4. The van der Waals surface area contributed by atoms with E-state index in [1.165, 1.54) is 29.5 Å². The highest BCUT2D eigenvalue weighted by Gasteiger charge is 2.76. The van der Waals surface area contributed by atoms with Crippen LogP contribution in [0.25, 0.3) is 0 Å². The Balaban J connectivity index is 1.01. The summed E-state index contributed by atoms with van der Waals surface area (Å²) in [6.07, 6.45) is 18.3. The molecule has 1 spiro atoms. The molecule has 0 aromatic heterocycles. The van der Waals surface area contributed by atoms with Gasteiger partial charge in [-0.3, -0.25) is 9.59 Å². The van der Waals surface area contributed by atoms with Crippen molar-refractivity contribution in [3.63, 3.8) is 0 Å². The Kier molecular flexibility index (Phi) is 16.1. The average molecular weight is 1140 g/mol. The van der Waals surface area contributed by atoms with E-state index in [9.17, 15) is 20.4 Å². The number of β-amino-alcohol motifs (C(OH)–C–C–N with tert-alkyl or cyclic N) is 1. The van der Waals surface area contributed by atoms with Crippen molar-refractivity contribution in [3.8, 4) is 5.75 Å². The minimum absolute atomic E-state index is 0.0519. The number of aromatic hydroxyl groups is 1. The van der Waals surface area contributed by atoms with Crippen LogP contribution >= 0.6 is 0 Å². The van der Waals surface area contributed by atoms with Crippen molar-refractivity contribution in [1.82, 2.24) is 10.6 Å². The molecule has 4 bridgehead atoms. The Morgan fingerprint density at radius 3 is 2.33 bits per heavy atom. The minimum atomic E-state index is -0.939. The van der Waals surface area contributed by atoms with Crippen molar-refractivity contribution in [3.05, 3.63) is 69.8 Å². The maximum atomic E-state index is 16.4. The number of ether oxygens (including phenoxy) is 1. The lowest BCUT2D eigenvalue weighted by Crippen LogP contribution is -2.73. The number of carbonyl (C=O) groups is 2. The van der Waals surface area contributed by atoms with Crippen LogP contribution in [0.5, 0.6) is 5.75 Å². The fourth-order valence-electron chi connectivity index (χ4n) is 23.5. The number of allylic oxidation sites excluding steroid dienone is 2. The molecule has 21 atom stereocenters. The van der Waals surface area contributed by atoms with Crippen molar-refractivity contribution in [2.24, 2.45) is 92.7 Å². The maximum absolute atomic E-state index is 16.4. The first-order valence-electron chi connectivity index (χ1n) is 34.0. The molecule has 2 heterocycles. The van der Waals surface area contributed by atoms with Crippen molar-refractivity contribution >= 4 is 17.3 Å². The number of ketones is 2. The first-order chi connectivity index (χ1) is 39.4. The topological polar surface area (TPSA) is 178 Å². The lowest BCUT2D eigenvalue weighted by Gasteiger charge is -2.74. The molecule has 12 rings (SSSR count). The van der Waals surface area contributed by atoms with Crippen molar-refractivity contribution in [2.75, 3.05) is 25.9 Å². The Labute approximate surface area is 499 Å². The summed E-state index contributed by atoms with van der Waals surface area (Å²) in [6.45, 7) is 21.9. The number of benzene rings is 2. The number of nitrogen functional groups attached to an aromatic ring is 1. The number of rotatable bonds is 13. The van der Waals surface area contributed by atoms with Crippen LogP contribution in [0.15, 0.2) is 47.5 Å². The van der Waals surface area contributed by atoms with E-state index in [-0.39, 0.29) is 83.4 Å². The molecular formula is C73H109N3O7. The summed E-state index contributed by atoms with van der Waals surface area (Å²) in [6, 6.07) is 12.4. The van der Waals surface area contributed by atoms with E-state index in [1.54, 1.807) is 0 Å². The molecule has 2 aromatic rings. The van der Waals surface area contributed by atoms with Crippen molar-refractivity contribution in [2.45, 2.75) is 245 Å². The molecule has 8 N–H and O–H groups in total.